The maximum Gasteiger partial charge on any atom is 0.253 e. The molecule has 1 saturated heterocycles. The third kappa shape index (κ3) is 2.59. The van der Waals surface area contributed by atoms with Gasteiger partial charge in [-0.3, -0.25) is 9.69 Å². The molecule has 1 N–H and O–H groups in total. The third-order valence-corrected chi connectivity index (χ3v) is 5.45. The molecule has 132 valence electrons. The molecule has 2 aromatic carbocycles. The van der Waals surface area contributed by atoms with Crippen LogP contribution in [0.2, 0.25) is 0 Å². The maximum atomic E-state index is 12.3. The Bertz CT molecular complexity index is 968. The summed E-state index contributed by atoms with van der Waals surface area (Å²) in [7, 11) is 0. The van der Waals surface area contributed by atoms with Crippen LogP contribution in [0, 0.1) is 0 Å². The first-order valence-electron chi connectivity index (χ1n) is 9.39. The van der Waals surface area contributed by atoms with E-state index >= 15 is 0 Å². The van der Waals surface area contributed by atoms with Gasteiger partial charge in [0.05, 0.1) is 16.6 Å². The number of carbonyl (C=O) groups excluding carboxylic acids is 1. The molecular formula is C21H22N4O. The summed E-state index contributed by atoms with van der Waals surface area (Å²) in [6.07, 6.45) is 2.63. The van der Waals surface area contributed by atoms with E-state index in [2.05, 4.69) is 39.0 Å². The molecule has 0 saturated carbocycles. The Morgan fingerprint density at radius 3 is 2.62 bits per heavy atom. The number of amides is 1. The average molecular weight is 346 g/mol. The Morgan fingerprint density at radius 1 is 1.00 bits per heavy atom. The first kappa shape index (κ1) is 15.6. The summed E-state index contributed by atoms with van der Waals surface area (Å²) in [4.78, 5) is 19.6. The summed E-state index contributed by atoms with van der Waals surface area (Å²) >= 11 is 0. The molecule has 0 radical (unpaired) electrons. The van der Waals surface area contributed by atoms with Gasteiger partial charge in [-0.1, -0.05) is 30.3 Å². The Kier molecular flexibility index (Phi) is 3.75. The zero-order valence-corrected chi connectivity index (χ0v) is 14.7. The summed E-state index contributed by atoms with van der Waals surface area (Å²) in [6, 6.07) is 14.5. The fourth-order valence-corrected chi connectivity index (χ4v) is 4.14. The predicted molar refractivity (Wildman–Crippen MR) is 102 cm³/mol. The van der Waals surface area contributed by atoms with Gasteiger partial charge in [-0.05, 0) is 43.6 Å². The lowest BCUT2D eigenvalue weighted by molar-refractivity contribution is 0.0956. The van der Waals surface area contributed by atoms with Gasteiger partial charge in [0.25, 0.3) is 5.91 Å². The molecule has 3 heterocycles. The number of hydrogen-bond acceptors (Lipinski definition) is 3. The summed E-state index contributed by atoms with van der Waals surface area (Å²) in [6.45, 7) is 4.81. The van der Waals surface area contributed by atoms with E-state index in [-0.39, 0.29) is 5.91 Å². The van der Waals surface area contributed by atoms with E-state index in [1.165, 1.54) is 31.5 Å². The molecule has 2 aliphatic rings. The smallest absolute Gasteiger partial charge is 0.253 e. The highest BCUT2D eigenvalue weighted by Gasteiger charge is 2.21. The molecule has 0 unspecified atom stereocenters. The molecule has 2 aliphatic heterocycles. The molecule has 0 bridgehead atoms. The third-order valence-electron chi connectivity index (χ3n) is 5.45. The van der Waals surface area contributed by atoms with Gasteiger partial charge >= 0.3 is 0 Å². The normalized spacial score (nSPS) is 17.5. The standard InChI is InChI=1S/C21H22N4O/c26-21-17-4-3-5-18-19(17)25(13-10-22-21)20(23-18)16-8-6-15(7-9-16)14-24-11-1-2-12-24/h3-9H,1-2,10-14H2,(H,22,26). The van der Waals surface area contributed by atoms with Crippen LogP contribution in [0.5, 0.6) is 0 Å². The molecule has 0 aliphatic carbocycles. The van der Waals surface area contributed by atoms with Gasteiger partial charge in [0, 0.05) is 25.2 Å². The Labute approximate surface area is 152 Å². The number of imidazole rings is 1. The fraction of sp³-hybridized carbons (Fsp3) is 0.333. The van der Waals surface area contributed by atoms with Crippen LogP contribution >= 0.6 is 0 Å². The van der Waals surface area contributed by atoms with E-state index in [0.29, 0.717) is 12.1 Å². The number of likely N-dealkylation sites (tertiary alicyclic amines) is 1. The van der Waals surface area contributed by atoms with Gasteiger partial charge in [-0.25, -0.2) is 4.98 Å². The lowest BCUT2D eigenvalue weighted by Gasteiger charge is -2.14. The zero-order chi connectivity index (χ0) is 17.5. The summed E-state index contributed by atoms with van der Waals surface area (Å²) in [5.41, 5.74) is 4.99. The molecule has 1 amide bonds. The van der Waals surface area contributed by atoms with Crippen molar-refractivity contribution in [3.05, 3.63) is 53.6 Å². The van der Waals surface area contributed by atoms with Crippen LogP contribution in [0.15, 0.2) is 42.5 Å². The number of aromatic nitrogens is 2. The molecule has 5 rings (SSSR count). The number of nitrogens with zero attached hydrogens (tertiary/aromatic N) is 3. The van der Waals surface area contributed by atoms with Crippen molar-refractivity contribution in [1.82, 2.24) is 19.8 Å². The minimum absolute atomic E-state index is 0.0123. The van der Waals surface area contributed by atoms with E-state index in [0.717, 1.165) is 35.5 Å². The van der Waals surface area contributed by atoms with Crippen molar-refractivity contribution in [3.8, 4) is 11.4 Å². The fourth-order valence-electron chi connectivity index (χ4n) is 4.14. The molecule has 0 atom stereocenters. The number of para-hydroxylation sites is 1. The van der Waals surface area contributed by atoms with Crippen LogP contribution < -0.4 is 5.32 Å². The van der Waals surface area contributed by atoms with Crippen LogP contribution in [0.25, 0.3) is 22.4 Å². The SMILES string of the molecule is O=C1NCCn2c(-c3ccc(CN4CCCC4)cc3)nc3cccc1c32. The van der Waals surface area contributed by atoms with Crippen molar-refractivity contribution in [2.24, 2.45) is 0 Å². The highest BCUT2D eigenvalue weighted by Crippen LogP contribution is 2.28. The Balaban J connectivity index is 1.53. The molecule has 3 aromatic rings. The molecule has 1 fully saturated rings. The Hall–Kier alpha value is -2.66. The monoisotopic (exact) mass is 346 g/mol. The van der Waals surface area contributed by atoms with Crippen molar-refractivity contribution in [2.75, 3.05) is 19.6 Å². The second-order valence-electron chi connectivity index (χ2n) is 7.20. The minimum atomic E-state index is -0.0123. The lowest BCUT2D eigenvalue weighted by atomic mass is 10.1. The number of nitrogens with one attached hydrogen (secondary N) is 1. The van der Waals surface area contributed by atoms with Crippen LogP contribution in [0.4, 0.5) is 0 Å². The van der Waals surface area contributed by atoms with Crippen molar-refractivity contribution >= 4 is 16.9 Å². The molecule has 0 spiro atoms. The van der Waals surface area contributed by atoms with E-state index in [9.17, 15) is 4.79 Å². The van der Waals surface area contributed by atoms with Crippen molar-refractivity contribution in [3.63, 3.8) is 0 Å². The maximum absolute atomic E-state index is 12.3. The van der Waals surface area contributed by atoms with E-state index < -0.39 is 0 Å². The first-order valence-corrected chi connectivity index (χ1v) is 9.39. The van der Waals surface area contributed by atoms with Crippen molar-refractivity contribution in [1.29, 1.82) is 0 Å². The van der Waals surface area contributed by atoms with Crippen LogP contribution in [-0.2, 0) is 13.1 Å². The van der Waals surface area contributed by atoms with Gasteiger partial charge < -0.3 is 9.88 Å². The first-order chi connectivity index (χ1) is 12.8. The average Bonchev–Trinajstić information content (AvgIpc) is 3.26. The van der Waals surface area contributed by atoms with E-state index in [4.69, 9.17) is 4.98 Å². The number of benzene rings is 2. The van der Waals surface area contributed by atoms with Gasteiger partial charge in [0.1, 0.15) is 5.82 Å². The van der Waals surface area contributed by atoms with E-state index in [1.807, 2.05) is 18.2 Å². The number of carbonyl (C=O) groups is 1. The highest BCUT2D eigenvalue weighted by atomic mass is 16.1. The van der Waals surface area contributed by atoms with Crippen LogP contribution in [-0.4, -0.2) is 40.0 Å². The lowest BCUT2D eigenvalue weighted by Crippen LogP contribution is -2.24. The van der Waals surface area contributed by atoms with Crippen molar-refractivity contribution in [2.45, 2.75) is 25.9 Å². The largest absolute Gasteiger partial charge is 0.350 e. The van der Waals surface area contributed by atoms with Gasteiger partial charge in [-0.2, -0.15) is 0 Å². The summed E-state index contributed by atoms with van der Waals surface area (Å²) in [5, 5.41) is 2.97. The quantitative estimate of drug-likeness (QED) is 0.793. The second-order valence-corrected chi connectivity index (χ2v) is 7.20. The zero-order valence-electron chi connectivity index (χ0n) is 14.7. The topological polar surface area (TPSA) is 50.2 Å². The van der Waals surface area contributed by atoms with Crippen molar-refractivity contribution < 1.29 is 4.79 Å². The molecule has 5 heteroatoms. The second kappa shape index (κ2) is 6.25. The number of rotatable bonds is 3. The van der Waals surface area contributed by atoms with Gasteiger partial charge in [-0.15, -0.1) is 0 Å². The molecule has 1 aromatic heterocycles. The molecule has 5 nitrogen and oxygen atoms in total. The molecule has 26 heavy (non-hydrogen) atoms. The summed E-state index contributed by atoms with van der Waals surface area (Å²) in [5.74, 6) is 0.929. The van der Waals surface area contributed by atoms with Crippen LogP contribution in [0.1, 0.15) is 28.8 Å². The highest BCUT2D eigenvalue weighted by molar-refractivity contribution is 6.06. The van der Waals surface area contributed by atoms with Gasteiger partial charge in [0.15, 0.2) is 0 Å². The Morgan fingerprint density at radius 2 is 1.81 bits per heavy atom. The predicted octanol–water partition coefficient (Wildman–Crippen LogP) is 3.04. The van der Waals surface area contributed by atoms with Gasteiger partial charge in [0.2, 0.25) is 0 Å². The minimum Gasteiger partial charge on any atom is -0.350 e. The number of hydrogen-bond donors (Lipinski definition) is 1. The van der Waals surface area contributed by atoms with E-state index in [1.54, 1.807) is 0 Å². The van der Waals surface area contributed by atoms with Crippen LogP contribution in [0.3, 0.4) is 0 Å². The summed E-state index contributed by atoms with van der Waals surface area (Å²) < 4.78 is 2.18. The molecular weight excluding hydrogens is 324 g/mol.